The van der Waals surface area contributed by atoms with Crippen LogP contribution in [0.2, 0.25) is 0 Å². The minimum absolute atomic E-state index is 0.0972. The number of aromatic amines is 1. The zero-order valence-electron chi connectivity index (χ0n) is 15.1. The highest BCUT2D eigenvalue weighted by Crippen LogP contribution is 2.38. The molecule has 26 heavy (non-hydrogen) atoms. The Morgan fingerprint density at radius 1 is 1.08 bits per heavy atom. The molecule has 0 aromatic carbocycles. The van der Waals surface area contributed by atoms with Crippen LogP contribution in [0.4, 0.5) is 13.2 Å². The van der Waals surface area contributed by atoms with E-state index in [0.29, 0.717) is 23.2 Å². The number of imidazole rings is 1. The van der Waals surface area contributed by atoms with Crippen LogP contribution in [0.15, 0.2) is 6.20 Å². The van der Waals surface area contributed by atoms with Crippen molar-refractivity contribution in [3.05, 3.63) is 34.4 Å². The predicted molar refractivity (Wildman–Crippen MR) is 91.5 cm³/mol. The molecule has 3 rings (SSSR count). The number of hydrogen-bond acceptors (Lipinski definition) is 3. The SMILES string of the molecule is CC(C)(C)c1nc2c(c(-c3nc(C(F)(F)F)c[nH]3)c1C#N)CCCCC2. The van der Waals surface area contributed by atoms with E-state index in [0.717, 1.165) is 43.1 Å². The Morgan fingerprint density at radius 3 is 2.35 bits per heavy atom. The van der Waals surface area contributed by atoms with Gasteiger partial charge in [0, 0.05) is 22.9 Å². The van der Waals surface area contributed by atoms with E-state index in [-0.39, 0.29) is 5.82 Å². The van der Waals surface area contributed by atoms with Crippen LogP contribution in [0.25, 0.3) is 11.4 Å². The predicted octanol–water partition coefficient (Wildman–Crippen LogP) is 4.93. The van der Waals surface area contributed by atoms with Crippen LogP contribution in [-0.4, -0.2) is 15.0 Å². The maximum atomic E-state index is 13.0. The number of pyridine rings is 1. The zero-order valence-corrected chi connectivity index (χ0v) is 15.1. The van der Waals surface area contributed by atoms with Gasteiger partial charge in [-0.1, -0.05) is 27.2 Å². The fourth-order valence-corrected chi connectivity index (χ4v) is 3.43. The van der Waals surface area contributed by atoms with Gasteiger partial charge in [0.25, 0.3) is 0 Å². The van der Waals surface area contributed by atoms with Gasteiger partial charge in [-0.25, -0.2) is 4.98 Å². The van der Waals surface area contributed by atoms with Gasteiger partial charge < -0.3 is 4.98 Å². The van der Waals surface area contributed by atoms with Gasteiger partial charge in [0.2, 0.25) is 0 Å². The first-order chi connectivity index (χ1) is 12.1. The summed E-state index contributed by atoms with van der Waals surface area (Å²) in [6, 6.07) is 2.18. The average Bonchev–Trinajstić information content (AvgIpc) is 2.91. The molecule has 0 aliphatic heterocycles. The zero-order chi connectivity index (χ0) is 19.1. The van der Waals surface area contributed by atoms with E-state index < -0.39 is 17.3 Å². The first-order valence-electron chi connectivity index (χ1n) is 8.72. The number of alkyl halides is 3. The fourth-order valence-electron chi connectivity index (χ4n) is 3.43. The van der Waals surface area contributed by atoms with Crippen molar-refractivity contribution < 1.29 is 13.2 Å². The minimum atomic E-state index is -4.53. The summed E-state index contributed by atoms with van der Waals surface area (Å²) in [5.41, 5.74) is 1.77. The topological polar surface area (TPSA) is 65.4 Å². The number of H-pyrrole nitrogens is 1. The summed E-state index contributed by atoms with van der Waals surface area (Å²) in [4.78, 5) is 11.2. The normalized spacial score (nSPS) is 15.3. The average molecular weight is 362 g/mol. The van der Waals surface area contributed by atoms with E-state index in [1.54, 1.807) is 0 Å². The third-order valence-corrected chi connectivity index (χ3v) is 4.65. The van der Waals surface area contributed by atoms with Crippen molar-refractivity contribution in [1.82, 2.24) is 15.0 Å². The van der Waals surface area contributed by atoms with Crippen LogP contribution in [0.1, 0.15) is 68.2 Å². The summed E-state index contributed by atoms with van der Waals surface area (Å²) < 4.78 is 39.0. The molecule has 1 aliphatic rings. The lowest BCUT2D eigenvalue weighted by molar-refractivity contribution is -0.140. The maximum Gasteiger partial charge on any atom is 0.434 e. The Kier molecular flexibility index (Phi) is 4.55. The third kappa shape index (κ3) is 3.33. The molecule has 4 nitrogen and oxygen atoms in total. The third-order valence-electron chi connectivity index (χ3n) is 4.65. The van der Waals surface area contributed by atoms with Crippen LogP contribution in [-0.2, 0) is 24.4 Å². The van der Waals surface area contributed by atoms with E-state index in [9.17, 15) is 18.4 Å². The van der Waals surface area contributed by atoms with E-state index in [2.05, 4.69) is 16.0 Å². The molecule has 1 aliphatic carbocycles. The summed E-state index contributed by atoms with van der Waals surface area (Å²) in [5.74, 6) is 0.0972. The van der Waals surface area contributed by atoms with Crippen LogP contribution in [0, 0.1) is 11.3 Å². The Morgan fingerprint density at radius 2 is 1.77 bits per heavy atom. The molecule has 2 heterocycles. The van der Waals surface area contributed by atoms with Crippen LogP contribution in [0.5, 0.6) is 0 Å². The standard InChI is InChI=1S/C19H21F3N4/c1-18(2,3)16-12(9-23)15(11-7-5-4-6-8-13(11)25-16)17-24-10-14(26-17)19(20,21)22/h10H,4-8H2,1-3H3,(H,24,26). The molecule has 1 N–H and O–H groups in total. The number of rotatable bonds is 1. The van der Waals surface area contributed by atoms with E-state index >= 15 is 0 Å². The molecule has 0 saturated carbocycles. The van der Waals surface area contributed by atoms with Crippen molar-refractivity contribution in [2.24, 2.45) is 0 Å². The van der Waals surface area contributed by atoms with Crippen molar-refractivity contribution in [2.75, 3.05) is 0 Å². The Hall–Kier alpha value is -2.36. The molecule has 0 bridgehead atoms. The van der Waals surface area contributed by atoms with Gasteiger partial charge in [0.15, 0.2) is 5.69 Å². The van der Waals surface area contributed by atoms with Crippen molar-refractivity contribution in [1.29, 1.82) is 5.26 Å². The lowest BCUT2D eigenvalue weighted by Gasteiger charge is -2.24. The number of nitrogens with zero attached hydrogens (tertiary/aromatic N) is 3. The van der Waals surface area contributed by atoms with E-state index in [4.69, 9.17) is 4.98 Å². The monoisotopic (exact) mass is 362 g/mol. The first kappa shape index (κ1) is 18.4. The van der Waals surface area contributed by atoms with Gasteiger partial charge in [-0.2, -0.15) is 18.4 Å². The Bertz CT molecular complexity index is 867. The van der Waals surface area contributed by atoms with Crippen molar-refractivity contribution in [3.63, 3.8) is 0 Å². The van der Waals surface area contributed by atoms with Crippen molar-refractivity contribution in [2.45, 2.75) is 64.5 Å². The summed E-state index contributed by atoms with van der Waals surface area (Å²) in [6.07, 6.45) is 0.738. The number of fused-ring (bicyclic) bond motifs is 1. The minimum Gasteiger partial charge on any atom is -0.344 e. The van der Waals surface area contributed by atoms with E-state index in [1.807, 2.05) is 20.8 Å². The molecular formula is C19H21F3N4. The van der Waals surface area contributed by atoms with E-state index in [1.165, 1.54) is 0 Å². The molecule has 2 aromatic heterocycles. The molecule has 0 atom stereocenters. The second-order valence-corrected chi connectivity index (χ2v) is 7.69. The molecule has 7 heteroatoms. The largest absolute Gasteiger partial charge is 0.434 e. The highest BCUT2D eigenvalue weighted by molar-refractivity contribution is 5.72. The number of hydrogen-bond donors (Lipinski definition) is 1. The molecule has 0 saturated heterocycles. The Balaban J connectivity index is 2.32. The smallest absolute Gasteiger partial charge is 0.344 e. The molecule has 0 radical (unpaired) electrons. The number of aromatic nitrogens is 3. The second-order valence-electron chi connectivity index (χ2n) is 7.69. The first-order valence-corrected chi connectivity index (χ1v) is 8.72. The van der Waals surface area contributed by atoms with Gasteiger partial charge in [0.05, 0.1) is 11.3 Å². The fraction of sp³-hybridized carbons (Fsp3) is 0.526. The van der Waals surface area contributed by atoms with Crippen LogP contribution >= 0.6 is 0 Å². The van der Waals surface area contributed by atoms with Crippen LogP contribution in [0.3, 0.4) is 0 Å². The summed E-state index contributed by atoms with van der Waals surface area (Å²) in [5, 5.41) is 9.81. The van der Waals surface area contributed by atoms with Gasteiger partial charge in [-0.05, 0) is 31.2 Å². The highest BCUT2D eigenvalue weighted by atomic mass is 19.4. The molecule has 138 valence electrons. The number of halogens is 3. The molecule has 0 fully saturated rings. The lowest BCUT2D eigenvalue weighted by Crippen LogP contribution is -2.19. The van der Waals surface area contributed by atoms with Crippen molar-refractivity contribution in [3.8, 4) is 17.5 Å². The lowest BCUT2D eigenvalue weighted by atomic mass is 9.84. The molecule has 0 spiro atoms. The van der Waals surface area contributed by atoms with Gasteiger partial charge in [-0.15, -0.1) is 0 Å². The number of nitrogens with one attached hydrogen (secondary N) is 1. The second kappa shape index (κ2) is 6.42. The molecular weight excluding hydrogens is 341 g/mol. The Labute approximate surface area is 150 Å². The highest BCUT2D eigenvalue weighted by Gasteiger charge is 2.35. The maximum absolute atomic E-state index is 13.0. The van der Waals surface area contributed by atoms with Gasteiger partial charge in [-0.3, -0.25) is 4.98 Å². The molecule has 0 amide bonds. The summed E-state index contributed by atoms with van der Waals surface area (Å²) in [7, 11) is 0. The molecule has 2 aromatic rings. The summed E-state index contributed by atoms with van der Waals surface area (Å²) in [6.45, 7) is 5.85. The summed E-state index contributed by atoms with van der Waals surface area (Å²) >= 11 is 0. The number of nitriles is 1. The van der Waals surface area contributed by atoms with Crippen LogP contribution < -0.4 is 0 Å². The van der Waals surface area contributed by atoms with Crippen molar-refractivity contribution >= 4 is 0 Å². The van der Waals surface area contributed by atoms with Gasteiger partial charge in [0.1, 0.15) is 11.9 Å². The van der Waals surface area contributed by atoms with Gasteiger partial charge >= 0.3 is 6.18 Å². The molecule has 0 unspecified atom stereocenters. The quantitative estimate of drug-likeness (QED) is 0.732. The number of aryl methyl sites for hydroxylation is 1.